The van der Waals surface area contributed by atoms with E-state index >= 15 is 0 Å². The van der Waals surface area contributed by atoms with Gasteiger partial charge < -0.3 is 15.4 Å². The minimum absolute atomic E-state index is 0.190. The molecule has 1 aliphatic carbocycles. The second-order valence-corrected chi connectivity index (χ2v) is 5.72. The lowest BCUT2D eigenvalue weighted by Gasteiger charge is -2.16. The third kappa shape index (κ3) is 5.60. The molecule has 1 aromatic rings. The van der Waals surface area contributed by atoms with Gasteiger partial charge in [-0.2, -0.15) is 0 Å². The Bertz CT molecular complexity index is 442. The topological polar surface area (TPSA) is 76.1 Å². The van der Waals surface area contributed by atoms with Gasteiger partial charge in [-0.3, -0.25) is 4.79 Å². The zero-order valence-electron chi connectivity index (χ0n) is 13.3. The van der Waals surface area contributed by atoms with Crippen LogP contribution < -0.4 is 10.6 Å². The van der Waals surface area contributed by atoms with E-state index in [-0.39, 0.29) is 5.91 Å². The van der Waals surface area contributed by atoms with Gasteiger partial charge in [0, 0.05) is 26.3 Å². The van der Waals surface area contributed by atoms with Crippen LogP contribution >= 0.6 is 0 Å². The lowest BCUT2D eigenvalue weighted by Crippen LogP contribution is -2.26. The molecule has 0 atom stereocenters. The van der Waals surface area contributed by atoms with E-state index in [1.165, 1.54) is 44.7 Å². The molecule has 1 fully saturated rings. The van der Waals surface area contributed by atoms with Gasteiger partial charge in [0.1, 0.15) is 11.5 Å². The second-order valence-electron chi connectivity index (χ2n) is 5.72. The lowest BCUT2D eigenvalue weighted by molar-refractivity contribution is 0.0943. The molecule has 2 rings (SSSR count). The highest BCUT2D eigenvalue weighted by atomic mass is 16.5. The van der Waals surface area contributed by atoms with Crippen LogP contribution in [0.25, 0.3) is 0 Å². The van der Waals surface area contributed by atoms with E-state index < -0.39 is 0 Å². The summed E-state index contributed by atoms with van der Waals surface area (Å²) in [5.41, 5.74) is 0.351. The van der Waals surface area contributed by atoms with Crippen molar-refractivity contribution in [2.45, 2.75) is 51.0 Å². The Hall–Kier alpha value is -1.69. The second kappa shape index (κ2) is 9.35. The molecule has 1 aliphatic rings. The van der Waals surface area contributed by atoms with Gasteiger partial charge >= 0.3 is 0 Å². The number of rotatable bonds is 7. The molecule has 1 heterocycles. The van der Waals surface area contributed by atoms with Crippen LogP contribution in [0.2, 0.25) is 0 Å². The maximum atomic E-state index is 11.9. The van der Waals surface area contributed by atoms with Crippen molar-refractivity contribution in [1.82, 2.24) is 15.3 Å². The summed E-state index contributed by atoms with van der Waals surface area (Å²) < 4.78 is 4.94. The van der Waals surface area contributed by atoms with Crippen LogP contribution in [-0.4, -0.2) is 42.2 Å². The number of aromatic nitrogens is 2. The number of nitrogens with zero attached hydrogens (tertiary/aromatic N) is 2. The van der Waals surface area contributed by atoms with Gasteiger partial charge in [0.05, 0.1) is 12.4 Å². The van der Waals surface area contributed by atoms with Crippen molar-refractivity contribution >= 4 is 11.7 Å². The number of hydrogen-bond donors (Lipinski definition) is 2. The smallest absolute Gasteiger partial charge is 0.271 e. The van der Waals surface area contributed by atoms with E-state index in [0.717, 1.165) is 12.2 Å². The van der Waals surface area contributed by atoms with E-state index in [4.69, 9.17) is 4.74 Å². The van der Waals surface area contributed by atoms with Crippen LogP contribution in [0, 0.1) is 0 Å². The molecule has 1 aromatic heterocycles. The van der Waals surface area contributed by atoms with Gasteiger partial charge in [-0.15, -0.1) is 0 Å². The molecule has 122 valence electrons. The molecule has 22 heavy (non-hydrogen) atoms. The summed E-state index contributed by atoms with van der Waals surface area (Å²) in [5.74, 6) is 0.562. The van der Waals surface area contributed by atoms with Crippen LogP contribution in [0.1, 0.15) is 55.4 Å². The first-order valence-corrected chi connectivity index (χ1v) is 8.15. The minimum atomic E-state index is -0.190. The highest BCUT2D eigenvalue weighted by Crippen LogP contribution is 2.19. The molecular weight excluding hydrogens is 280 g/mol. The number of carbonyl (C=O) groups excluding carboxylic acids is 1. The molecule has 0 saturated heterocycles. The van der Waals surface area contributed by atoms with Gasteiger partial charge in [-0.25, -0.2) is 9.97 Å². The van der Waals surface area contributed by atoms with Crippen molar-refractivity contribution in [2.24, 2.45) is 0 Å². The van der Waals surface area contributed by atoms with Crippen LogP contribution in [-0.2, 0) is 4.74 Å². The summed E-state index contributed by atoms with van der Waals surface area (Å²) in [6.45, 7) is 1.21. The maximum Gasteiger partial charge on any atom is 0.271 e. The number of hydrogen-bond acceptors (Lipinski definition) is 5. The first-order chi connectivity index (χ1) is 10.8. The molecule has 1 saturated carbocycles. The standard InChI is InChI=1S/C16H26N4O2/c1-22-10-6-9-17-16(21)14-11-19-15(12-18-14)20-13-7-4-2-3-5-8-13/h11-13H,2-10H2,1H3,(H,17,21)(H,19,20). The first kappa shape index (κ1) is 16.7. The molecule has 0 aliphatic heterocycles. The molecule has 6 heteroatoms. The summed E-state index contributed by atoms with van der Waals surface area (Å²) in [5, 5.41) is 6.23. The van der Waals surface area contributed by atoms with Gasteiger partial charge in [0.25, 0.3) is 5.91 Å². The van der Waals surface area contributed by atoms with Crippen molar-refractivity contribution in [3.8, 4) is 0 Å². The average molecular weight is 306 g/mol. The zero-order valence-corrected chi connectivity index (χ0v) is 13.3. The summed E-state index contributed by atoms with van der Waals surface area (Å²) >= 11 is 0. The SMILES string of the molecule is COCCCNC(=O)c1cnc(NC2CCCCCC2)cn1. The van der Waals surface area contributed by atoms with Crippen LogP contribution in [0.4, 0.5) is 5.82 Å². The number of anilines is 1. The maximum absolute atomic E-state index is 11.9. The first-order valence-electron chi connectivity index (χ1n) is 8.15. The Balaban J connectivity index is 1.80. The quantitative estimate of drug-likeness (QED) is 0.597. The van der Waals surface area contributed by atoms with Crippen molar-refractivity contribution in [3.63, 3.8) is 0 Å². The molecular formula is C16H26N4O2. The zero-order chi connectivity index (χ0) is 15.6. The monoisotopic (exact) mass is 306 g/mol. The third-order valence-electron chi connectivity index (χ3n) is 3.90. The predicted molar refractivity (Wildman–Crippen MR) is 86.0 cm³/mol. The van der Waals surface area contributed by atoms with Crippen LogP contribution in [0.3, 0.4) is 0 Å². The fraction of sp³-hybridized carbons (Fsp3) is 0.688. The minimum Gasteiger partial charge on any atom is -0.385 e. The molecule has 0 unspecified atom stereocenters. The van der Waals surface area contributed by atoms with E-state index in [1.807, 2.05) is 0 Å². The summed E-state index contributed by atoms with van der Waals surface area (Å²) in [6, 6.07) is 0.477. The molecule has 6 nitrogen and oxygen atoms in total. The van der Waals surface area contributed by atoms with Gasteiger partial charge in [-0.05, 0) is 19.3 Å². The van der Waals surface area contributed by atoms with Crippen LogP contribution in [0.15, 0.2) is 12.4 Å². The van der Waals surface area contributed by atoms with Crippen molar-refractivity contribution in [1.29, 1.82) is 0 Å². The van der Waals surface area contributed by atoms with E-state index in [0.29, 0.717) is 24.9 Å². The number of carbonyl (C=O) groups is 1. The summed E-state index contributed by atoms with van der Waals surface area (Å²) in [6.07, 6.45) is 11.5. The van der Waals surface area contributed by atoms with E-state index in [1.54, 1.807) is 13.3 Å². The third-order valence-corrected chi connectivity index (χ3v) is 3.90. The molecule has 1 amide bonds. The predicted octanol–water partition coefficient (Wildman–Crippen LogP) is 2.38. The van der Waals surface area contributed by atoms with Crippen molar-refractivity contribution in [2.75, 3.05) is 25.6 Å². The summed E-state index contributed by atoms with van der Waals surface area (Å²) in [7, 11) is 1.65. The number of ether oxygens (including phenoxy) is 1. The van der Waals surface area contributed by atoms with Crippen molar-refractivity contribution in [3.05, 3.63) is 18.1 Å². The fourth-order valence-electron chi connectivity index (χ4n) is 2.66. The molecule has 2 N–H and O–H groups in total. The normalized spacial score (nSPS) is 16.0. The fourth-order valence-corrected chi connectivity index (χ4v) is 2.66. The van der Waals surface area contributed by atoms with Crippen LogP contribution in [0.5, 0.6) is 0 Å². The highest BCUT2D eigenvalue weighted by molar-refractivity contribution is 5.91. The number of amides is 1. The Labute approximate surface area is 132 Å². The highest BCUT2D eigenvalue weighted by Gasteiger charge is 2.13. The Morgan fingerprint density at radius 2 is 2.00 bits per heavy atom. The molecule has 0 bridgehead atoms. The number of nitrogens with one attached hydrogen (secondary N) is 2. The average Bonchev–Trinajstić information content (AvgIpc) is 2.81. The Morgan fingerprint density at radius 1 is 1.23 bits per heavy atom. The largest absolute Gasteiger partial charge is 0.385 e. The van der Waals surface area contributed by atoms with Gasteiger partial charge in [-0.1, -0.05) is 25.7 Å². The molecule has 0 radical (unpaired) electrons. The van der Waals surface area contributed by atoms with E-state index in [9.17, 15) is 4.79 Å². The molecule has 0 aromatic carbocycles. The summed E-state index contributed by atoms with van der Waals surface area (Å²) in [4.78, 5) is 20.4. The van der Waals surface area contributed by atoms with Gasteiger partial charge in [0.15, 0.2) is 0 Å². The lowest BCUT2D eigenvalue weighted by atomic mass is 10.1. The van der Waals surface area contributed by atoms with Crippen molar-refractivity contribution < 1.29 is 9.53 Å². The van der Waals surface area contributed by atoms with Gasteiger partial charge in [0.2, 0.25) is 0 Å². The molecule has 0 spiro atoms. The number of methoxy groups -OCH3 is 1. The Kier molecular flexibility index (Phi) is 7.09. The van der Waals surface area contributed by atoms with E-state index in [2.05, 4.69) is 20.6 Å². The Morgan fingerprint density at radius 3 is 2.64 bits per heavy atom.